The van der Waals surface area contributed by atoms with Crippen molar-refractivity contribution in [2.75, 3.05) is 13.2 Å². The molecule has 1 aliphatic rings. The van der Waals surface area contributed by atoms with Gasteiger partial charge in [0.05, 0.1) is 12.3 Å². The number of carbonyl (C=O) groups excluding carboxylic acids is 1. The van der Waals surface area contributed by atoms with Crippen LogP contribution in [0.15, 0.2) is 17.3 Å². The Hall–Kier alpha value is -2.22. The lowest BCUT2D eigenvalue weighted by molar-refractivity contribution is -0.121. The minimum absolute atomic E-state index is 0.0415. The predicted molar refractivity (Wildman–Crippen MR) is 93.2 cm³/mol. The van der Waals surface area contributed by atoms with Crippen LogP contribution < -0.4 is 10.9 Å². The summed E-state index contributed by atoms with van der Waals surface area (Å²) in [5.41, 5.74) is 0.260. The van der Waals surface area contributed by atoms with Crippen molar-refractivity contribution in [1.29, 1.82) is 0 Å². The van der Waals surface area contributed by atoms with E-state index in [1.165, 1.54) is 41.0 Å². The molecule has 0 atom stereocenters. The van der Waals surface area contributed by atoms with E-state index in [-0.39, 0.29) is 18.0 Å². The third kappa shape index (κ3) is 4.45. The van der Waals surface area contributed by atoms with Gasteiger partial charge in [-0.05, 0) is 19.3 Å². The molecule has 0 aromatic carbocycles. The summed E-state index contributed by atoms with van der Waals surface area (Å²) in [5.74, 6) is -0.204. The van der Waals surface area contributed by atoms with Crippen molar-refractivity contribution in [2.24, 2.45) is 7.05 Å². The molecule has 1 aliphatic carbocycles. The van der Waals surface area contributed by atoms with E-state index in [4.69, 9.17) is 4.74 Å². The Bertz CT molecular complexity index is 776. The lowest BCUT2D eigenvalue weighted by atomic mass is 9.98. The number of hydrogen-bond donors (Lipinski definition) is 1. The third-order valence-electron chi connectivity index (χ3n) is 4.58. The van der Waals surface area contributed by atoms with Gasteiger partial charge in [0.25, 0.3) is 5.56 Å². The van der Waals surface area contributed by atoms with E-state index in [9.17, 15) is 9.59 Å². The van der Waals surface area contributed by atoms with Crippen molar-refractivity contribution in [3.63, 3.8) is 0 Å². The standard InChI is InChI=1S/C17H25N5O3/c1-21-16-14(10-20-21)17(24)22(12-19-16)11-15(23)18-8-5-9-25-13-6-3-2-4-7-13/h10,12-13H,2-9,11H2,1H3,(H,18,23). The molecule has 0 unspecified atom stereocenters. The van der Waals surface area contributed by atoms with Gasteiger partial charge in [0.2, 0.25) is 5.91 Å². The number of rotatable bonds is 7. The SMILES string of the molecule is Cn1ncc2c(=O)n(CC(=O)NCCCOC3CCCCC3)cnc21. The molecule has 0 saturated heterocycles. The monoisotopic (exact) mass is 347 g/mol. The first kappa shape index (κ1) is 17.6. The average molecular weight is 347 g/mol. The molecule has 0 aliphatic heterocycles. The van der Waals surface area contributed by atoms with Gasteiger partial charge in [-0.2, -0.15) is 5.10 Å². The van der Waals surface area contributed by atoms with Crippen molar-refractivity contribution in [3.8, 4) is 0 Å². The van der Waals surface area contributed by atoms with E-state index < -0.39 is 0 Å². The minimum atomic E-state index is -0.256. The molecular weight excluding hydrogens is 322 g/mol. The summed E-state index contributed by atoms with van der Waals surface area (Å²) >= 11 is 0. The minimum Gasteiger partial charge on any atom is -0.378 e. The lowest BCUT2D eigenvalue weighted by Crippen LogP contribution is -2.33. The molecule has 1 saturated carbocycles. The van der Waals surface area contributed by atoms with Gasteiger partial charge in [-0.15, -0.1) is 0 Å². The maximum Gasteiger partial charge on any atom is 0.264 e. The van der Waals surface area contributed by atoms with Gasteiger partial charge in [0.1, 0.15) is 18.3 Å². The van der Waals surface area contributed by atoms with E-state index >= 15 is 0 Å². The maximum atomic E-state index is 12.3. The van der Waals surface area contributed by atoms with Gasteiger partial charge in [-0.1, -0.05) is 19.3 Å². The highest BCUT2D eigenvalue weighted by molar-refractivity contribution is 5.77. The molecule has 1 fully saturated rings. The van der Waals surface area contributed by atoms with Crippen LogP contribution in [0.2, 0.25) is 0 Å². The van der Waals surface area contributed by atoms with Crippen LogP contribution in [0.3, 0.4) is 0 Å². The van der Waals surface area contributed by atoms with E-state index in [0.29, 0.717) is 30.3 Å². The fraction of sp³-hybridized carbons (Fsp3) is 0.647. The highest BCUT2D eigenvalue weighted by Gasteiger charge is 2.13. The van der Waals surface area contributed by atoms with Gasteiger partial charge < -0.3 is 10.1 Å². The van der Waals surface area contributed by atoms with Crippen LogP contribution in [0, 0.1) is 0 Å². The summed E-state index contributed by atoms with van der Waals surface area (Å²) in [6.45, 7) is 1.16. The molecule has 0 radical (unpaired) electrons. The number of aromatic nitrogens is 4. The van der Waals surface area contributed by atoms with Crippen LogP contribution in [-0.4, -0.2) is 44.5 Å². The lowest BCUT2D eigenvalue weighted by Gasteiger charge is -2.21. The normalized spacial score (nSPS) is 15.6. The van der Waals surface area contributed by atoms with Gasteiger partial charge in [0, 0.05) is 20.2 Å². The first-order chi connectivity index (χ1) is 12.1. The summed E-state index contributed by atoms with van der Waals surface area (Å²) < 4.78 is 8.67. The number of amides is 1. The van der Waals surface area contributed by atoms with Crippen molar-refractivity contribution >= 4 is 16.9 Å². The molecule has 2 heterocycles. The van der Waals surface area contributed by atoms with Crippen molar-refractivity contribution in [3.05, 3.63) is 22.9 Å². The van der Waals surface area contributed by atoms with E-state index in [1.807, 2.05) is 0 Å². The van der Waals surface area contributed by atoms with Crippen molar-refractivity contribution in [1.82, 2.24) is 24.6 Å². The number of hydrogen-bond acceptors (Lipinski definition) is 5. The first-order valence-corrected chi connectivity index (χ1v) is 8.90. The Morgan fingerprint density at radius 2 is 2.16 bits per heavy atom. The third-order valence-corrected chi connectivity index (χ3v) is 4.58. The molecular formula is C17H25N5O3. The molecule has 2 aromatic rings. The van der Waals surface area contributed by atoms with Crippen molar-refractivity contribution in [2.45, 2.75) is 51.2 Å². The zero-order chi connectivity index (χ0) is 17.6. The molecule has 8 heteroatoms. The van der Waals surface area contributed by atoms with E-state index in [1.54, 1.807) is 7.05 Å². The van der Waals surface area contributed by atoms with Crippen LogP contribution in [0.4, 0.5) is 0 Å². The summed E-state index contributed by atoms with van der Waals surface area (Å²) in [6, 6.07) is 0. The topological polar surface area (TPSA) is 91.0 Å². The summed E-state index contributed by atoms with van der Waals surface area (Å²) in [5, 5.41) is 7.25. The Kier molecular flexibility index (Phi) is 5.80. The fourth-order valence-electron chi connectivity index (χ4n) is 3.17. The largest absolute Gasteiger partial charge is 0.378 e. The number of nitrogens with zero attached hydrogens (tertiary/aromatic N) is 4. The number of ether oxygens (including phenoxy) is 1. The van der Waals surface area contributed by atoms with Gasteiger partial charge >= 0.3 is 0 Å². The van der Waals surface area contributed by atoms with Crippen LogP contribution in [0.25, 0.3) is 11.0 Å². The molecule has 1 N–H and O–H groups in total. The number of carbonyl (C=O) groups is 1. The summed E-state index contributed by atoms with van der Waals surface area (Å²) in [7, 11) is 1.72. The molecule has 3 rings (SSSR count). The van der Waals surface area contributed by atoms with Crippen LogP contribution in [0.1, 0.15) is 38.5 Å². The van der Waals surface area contributed by atoms with Crippen LogP contribution in [0.5, 0.6) is 0 Å². The quantitative estimate of drug-likeness (QED) is 0.754. The van der Waals surface area contributed by atoms with Crippen molar-refractivity contribution < 1.29 is 9.53 Å². The second-order valence-electron chi connectivity index (χ2n) is 6.52. The summed E-state index contributed by atoms with van der Waals surface area (Å²) in [6.07, 6.45) is 10.2. The first-order valence-electron chi connectivity index (χ1n) is 8.90. The number of nitrogens with one attached hydrogen (secondary N) is 1. The van der Waals surface area contributed by atoms with E-state index in [0.717, 1.165) is 19.3 Å². The van der Waals surface area contributed by atoms with Gasteiger partial charge in [-0.25, -0.2) is 4.98 Å². The fourth-order valence-corrected chi connectivity index (χ4v) is 3.17. The highest BCUT2D eigenvalue weighted by Crippen LogP contribution is 2.20. The average Bonchev–Trinajstić information content (AvgIpc) is 3.00. The molecule has 136 valence electrons. The second-order valence-corrected chi connectivity index (χ2v) is 6.52. The molecule has 0 spiro atoms. The zero-order valence-corrected chi connectivity index (χ0v) is 14.6. The molecule has 1 amide bonds. The predicted octanol–water partition coefficient (Wildman–Crippen LogP) is 0.986. The molecule has 8 nitrogen and oxygen atoms in total. The number of aryl methyl sites for hydroxylation is 1. The van der Waals surface area contributed by atoms with Crippen LogP contribution >= 0.6 is 0 Å². The maximum absolute atomic E-state index is 12.3. The Labute approximate surface area is 146 Å². The van der Waals surface area contributed by atoms with E-state index in [2.05, 4.69) is 15.4 Å². The highest BCUT2D eigenvalue weighted by atomic mass is 16.5. The van der Waals surface area contributed by atoms with Crippen LogP contribution in [-0.2, 0) is 23.1 Å². The Morgan fingerprint density at radius 1 is 1.36 bits per heavy atom. The zero-order valence-electron chi connectivity index (χ0n) is 14.6. The Morgan fingerprint density at radius 3 is 2.96 bits per heavy atom. The van der Waals surface area contributed by atoms with Gasteiger partial charge in [0.15, 0.2) is 5.65 Å². The Balaban J connectivity index is 1.42. The smallest absolute Gasteiger partial charge is 0.264 e. The second kappa shape index (κ2) is 8.24. The van der Waals surface area contributed by atoms with Gasteiger partial charge in [-0.3, -0.25) is 18.8 Å². The summed E-state index contributed by atoms with van der Waals surface area (Å²) in [4.78, 5) is 28.5. The molecule has 0 bridgehead atoms. The molecule has 2 aromatic heterocycles. The molecule has 25 heavy (non-hydrogen) atoms. The number of fused-ring (bicyclic) bond motifs is 1.